The normalized spacial score (nSPS) is 10.5. The summed E-state index contributed by atoms with van der Waals surface area (Å²) in [5.74, 6) is -0.0839. The molecule has 19 heavy (non-hydrogen) atoms. The van der Waals surface area contributed by atoms with E-state index in [1.54, 1.807) is 4.90 Å². The van der Waals surface area contributed by atoms with Crippen molar-refractivity contribution >= 4 is 11.9 Å². The molecule has 0 fully saturated rings. The van der Waals surface area contributed by atoms with Gasteiger partial charge in [0.25, 0.3) is 0 Å². The molecule has 0 saturated heterocycles. The Labute approximate surface area is 114 Å². The molecule has 1 heterocycles. The third kappa shape index (κ3) is 4.26. The number of amides is 1. The zero-order valence-electron chi connectivity index (χ0n) is 11.9. The maximum absolute atomic E-state index is 13.4. The van der Waals surface area contributed by atoms with Gasteiger partial charge in [-0.3, -0.25) is 9.69 Å². The number of halogens is 1. The minimum atomic E-state index is -0.412. The van der Waals surface area contributed by atoms with Crippen molar-refractivity contribution in [3.05, 3.63) is 17.7 Å². The van der Waals surface area contributed by atoms with E-state index in [1.165, 1.54) is 0 Å². The molecule has 1 aromatic heterocycles. The van der Waals surface area contributed by atoms with Gasteiger partial charge in [0.1, 0.15) is 0 Å². The van der Waals surface area contributed by atoms with Crippen LogP contribution in [-0.2, 0) is 11.2 Å². The van der Waals surface area contributed by atoms with Crippen LogP contribution in [0.25, 0.3) is 0 Å². The largest absolute Gasteiger partial charge is 0.281 e. The monoisotopic (exact) mass is 267 g/mol. The van der Waals surface area contributed by atoms with Crippen LogP contribution in [0.15, 0.2) is 6.20 Å². The fourth-order valence-corrected chi connectivity index (χ4v) is 1.77. The number of aryl methyl sites for hydroxylation is 1. The molecule has 0 aliphatic rings. The molecule has 0 aromatic carbocycles. The molecule has 5 heteroatoms. The van der Waals surface area contributed by atoms with Crippen molar-refractivity contribution in [2.45, 2.75) is 52.9 Å². The van der Waals surface area contributed by atoms with Crippen molar-refractivity contribution in [3.8, 4) is 0 Å². The van der Waals surface area contributed by atoms with Crippen molar-refractivity contribution < 1.29 is 9.18 Å². The quantitative estimate of drug-likeness (QED) is 0.762. The van der Waals surface area contributed by atoms with E-state index in [2.05, 4.69) is 16.9 Å². The Morgan fingerprint density at radius 2 is 2.05 bits per heavy atom. The average Bonchev–Trinajstić information content (AvgIpc) is 2.41. The van der Waals surface area contributed by atoms with Gasteiger partial charge in [0.05, 0.1) is 11.9 Å². The van der Waals surface area contributed by atoms with E-state index in [-0.39, 0.29) is 5.91 Å². The van der Waals surface area contributed by atoms with Gasteiger partial charge in [0.15, 0.2) is 5.82 Å². The number of nitrogens with zero attached hydrogens (tertiary/aromatic N) is 3. The summed E-state index contributed by atoms with van der Waals surface area (Å²) in [7, 11) is 0. The Morgan fingerprint density at radius 1 is 1.32 bits per heavy atom. The van der Waals surface area contributed by atoms with Crippen LogP contribution < -0.4 is 4.90 Å². The Morgan fingerprint density at radius 3 is 2.63 bits per heavy atom. The third-order valence-electron chi connectivity index (χ3n) is 2.88. The van der Waals surface area contributed by atoms with E-state index in [0.29, 0.717) is 31.0 Å². The summed E-state index contributed by atoms with van der Waals surface area (Å²) in [5.41, 5.74) is 0.357. The summed E-state index contributed by atoms with van der Waals surface area (Å²) < 4.78 is 13.4. The topological polar surface area (TPSA) is 46.1 Å². The highest BCUT2D eigenvalue weighted by molar-refractivity contribution is 5.91. The summed E-state index contributed by atoms with van der Waals surface area (Å²) >= 11 is 0. The van der Waals surface area contributed by atoms with Gasteiger partial charge >= 0.3 is 0 Å². The highest BCUT2D eigenvalue weighted by atomic mass is 19.1. The Bertz CT molecular complexity index is 423. The molecule has 0 spiro atoms. The number of aromatic nitrogens is 2. The lowest BCUT2D eigenvalue weighted by molar-refractivity contribution is -0.118. The predicted molar refractivity (Wildman–Crippen MR) is 73.5 cm³/mol. The second-order valence-corrected chi connectivity index (χ2v) is 4.47. The van der Waals surface area contributed by atoms with Gasteiger partial charge in [0.2, 0.25) is 11.9 Å². The molecule has 0 saturated carbocycles. The Balaban J connectivity index is 2.98. The minimum Gasteiger partial charge on any atom is -0.281 e. The minimum absolute atomic E-state index is 0.00427. The third-order valence-corrected chi connectivity index (χ3v) is 2.88. The van der Waals surface area contributed by atoms with Gasteiger partial charge in [-0.1, -0.05) is 27.2 Å². The lowest BCUT2D eigenvalue weighted by Crippen LogP contribution is -2.33. The van der Waals surface area contributed by atoms with Crippen LogP contribution >= 0.6 is 0 Å². The first-order chi connectivity index (χ1) is 9.13. The summed E-state index contributed by atoms with van der Waals surface area (Å²) in [6.45, 7) is 6.44. The first-order valence-electron chi connectivity index (χ1n) is 6.95. The summed E-state index contributed by atoms with van der Waals surface area (Å²) in [5, 5.41) is 0. The fourth-order valence-electron chi connectivity index (χ4n) is 1.77. The second-order valence-electron chi connectivity index (χ2n) is 4.47. The number of anilines is 1. The van der Waals surface area contributed by atoms with E-state index in [9.17, 15) is 9.18 Å². The number of hydrogen-bond acceptors (Lipinski definition) is 3. The molecule has 0 aliphatic carbocycles. The van der Waals surface area contributed by atoms with Gasteiger partial charge in [0, 0.05) is 13.0 Å². The molecule has 1 aromatic rings. The van der Waals surface area contributed by atoms with Crippen LogP contribution in [0.5, 0.6) is 0 Å². The van der Waals surface area contributed by atoms with E-state index in [1.807, 2.05) is 13.8 Å². The Kier molecular flexibility index (Phi) is 6.39. The molecule has 0 N–H and O–H groups in total. The van der Waals surface area contributed by atoms with Crippen LogP contribution in [0.2, 0.25) is 0 Å². The molecule has 0 aliphatic heterocycles. The average molecular weight is 267 g/mol. The first kappa shape index (κ1) is 15.5. The number of carbonyl (C=O) groups is 1. The number of carbonyl (C=O) groups excluding carboxylic acids is 1. The molecule has 106 valence electrons. The molecule has 0 unspecified atom stereocenters. The van der Waals surface area contributed by atoms with Crippen molar-refractivity contribution in [2.75, 3.05) is 11.4 Å². The number of rotatable bonds is 7. The van der Waals surface area contributed by atoms with Crippen molar-refractivity contribution in [3.63, 3.8) is 0 Å². The summed E-state index contributed by atoms with van der Waals surface area (Å²) in [6.07, 6.45) is 4.76. The molecular formula is C14H22FN3O. The van der Waals surface area contributed by atoms with Crippen molar-refractivity contribution in [1.82, 2.24) is 9.97 Å². The molecule has 0 atom stereocenters. The SMILES string of the molecule is CCCCN(C(=O)CCC)c1ncc(F)c(CC)n1. The van der Waals surface area contributed by atoms with Crippen LogP contribution in [0.3, 0.4) is 0 Å². The van der Waals surface area contributed by atoms with Gasteiger partial charge in [-0.25, -0.2) is 14.4 Å². The molecule has 0 radical (unpaired) electrons. The second kappa shape index (κ2) is 7.81. The predicted octanol–water partition coefficient (Wildman–Crippen LogP) is 3.11. The maximum atomic E-state index is 13.4. The van der Waals surface area contributed by atoms with E-state index < -0.39 is 5.82 Å². The van der Waals surface area contributed by atoms with Crippen LogP contribution in [0.4, 0.5) is 10.3 Å². The molecule has 0 bridgehead atoms. The summed E-state index contributed by atoms with van der Waals surface area (Å²) in [4.78, 5) is 21.8. The van der Waals surface area contributed by atoms with Crippen molar-refractivity contribution in [1.29, 1.82) is 0 Å². The molecule has 4 nitrogen and oxygen atoms in total. The van der Waals surface area contributed by atoms with E-state index in [4.69, 9.17) is 0 Å². The van der Waals surface area contributed by atoms with E-state index >= 15 is 0 Å². The first-order valence-corrected chi connectivity index (χ1v) is 6.95. The smallest absolute Gasteiger partial charge is 0.232 e. The van der Waals surface area contributed by atoms with Gasteiger partial charge in [-0.05, 0) is 19.3 Å². The van der Waals surface area contributed by atoms with Crippen molar-refractivity contribution in [2.24, 2.45) is 0 Å². The Hall–Kier alpha value is -1.52. The molecule has 1 amide bonds. The van der Waals surface area contributed by atoms with Crippen LogP contribution in [0.1, 0.15) is 52.1 Å². The highest BCUT2D eigenvalue weighted by Crippen LogP contribution is 2.14. The van der Waals surface area contributed by atoms with E-state index in [0.717, 1.165) is 25.5 Å². The van der Waals surface area contributed by atoms with Gasteiger partial charge in [-0.2, -0.15) is 0 Å². The highest BCUT2D eigenvalue weighted by Gasteiger charge is 2.18. The zero-order chi connectivity index (χ0) is 14.3. The number of unbranched alkanes of at least 4 members (excludes halogenated alkanes) is 1. The number of hydrogen-bond donors (Lipinski definition) is 0. The fraction of sp³-hybridized carbons (Fsp3) is 0.643. The molecular weight excluding hydrogens is 245 g/mol. The standard InChI is InChI=1S/C14H22FN3O/c1-4-7-9-18(13(19)8-5-2)14-16-10-11(15)12(6-3)17-14/h10H,4-9H2,1-3H3. The maximum Gasteiger partial charge on any atom is 0.232 e. The molecule has 1 rings (SSSR count). The van der Waals surface area contributed by atoms with Crippen LogP contribution in [-0.4, -0.2) is 22.4 Å². The van der Waals surface area contributed by atoms with Gasteiger partial charge < -0.3 is 0 Å². The van der Waals surface area contributed by atoms with Crippen LogP contribution in [0, 0.1) is 5.82 Å². The zero-order valence-corrected chi connectivity index (χ0v) is 11.9. The lowest BCUT2D eigenvalue weighted by atomic mass is 10.2. The van der Waals surface area contributed by atoms with Gasteiger partial charge in [-0.15, -0.1) is 0 Å². The lowest BCUT2D eigenvalue weighted by Gasteiger charge is -2.20. The summed E-state index contributed by atoms with van der Waals surface area (Å²) in [6, 6.07) is 0.